The lowest BCUT2D eigenvalue weighted by Gasteiger charge is -2.21. The third-order valence-corrected chi connectivity index (χ3v) is 8.31. The van der Waals surface area contributed by atoms with E-state index in [9.17, 15) is 24.3 Å². The summed E-state index contributed by atoms with van der Waals surface area (Å²) in [7, 11) is 3.11. The molecule has 2 atom stereocenters. The van der Waals surface area contributed by atoms with Crippen LogP contribution in [0.25, 0.3) is 0 Å². The second-order valence-corrected chi connectivity index (χ2v) is 12.4. The highest BCUT2D eigenvalue weighted by Gasteiger charge is 2.26. The van der Waals surface area contributed by atoms with E-state index in [1.54, 1.807) is 10.8 Å². The van der Waals surface area contributed by atoms with Crippen molar-refractivity contribution in [3.63, 3.8) is 0 Å². The number of benzene rings is 1. The summed E-state index contributed by atoms with van der Waals surface area (Å²) in [6, 6.07) is 7.11. The average molecular weight is 685 g/mol. The van der Waals surface area contributed by atoms with Gasteiger partial charge in [0.1, 0.15) is 18.7 Å². The summed E-state index contributed by atoms with van der Waals surface area (Å²) in [6.45, 7) is 4.71. The van der Waals surface area contributed by atoms with E-state index in [4.69, 9.17) is 21.3 Å². The average Bonchev–Trinajstić information content (AvgIpc) is 3.03. The van der Waals surface area contributed by atoms with Gasteiger partial charge in [-0.05, 0) is 70.2 Å². The number of terminal acetylenes is 1. The van der Waals surface area contributed by atoms with Gasteiger partial charge in [0.15, 0.2) is 5.88 Å². The predicted octanol–water partition coefficient (Wildman–Crippen LogP) is 3.00. The SMILES string of the molecule is C#C.C=C(N)O.NCCCCCNC(=O)CCCSSCC[C@H](NC(=O)OCc1ccccc1)C(=O)N[C@@H](CCCCN)C(=O)O. The van der Waals surface area contributed by atoms with Gasteiger partial charge in [-0.15, -0.1) is 12.8 Å². The van der Waals surface area contributed by atoms with Gasteiger partial charge in [-0.2, -0.15) is 0 Å². The number of nitrogens with two attached hydrogens (primary N) is 3. The first-order valence-electron chi connectivity index (χ1n) is 15.0. The van der Waals surface area contributed by atoms with Gasteiger partial charge in [0.25, 0.3) is 0 Å². The lowest BCUT2D eigenvalue weighted by molar-refractivity contribution is -0.142. The van der Waals surface area contributed by atoms with Crippen LogP contribution in [0.4, 0.5) is 4.79 Å². The second-order valence-electron chi connectivity index (χ2n) is 9.67. The molecule has 0 aliphatic rings. The standard InChI is InChI=1S/C27H45N5O6S2.C2H5NO.C2H2/c28-15-6-2-8-17-30-24(33)13-9-18-39-40-19-14-22(25(34)31-23(26(35)36)12-5-7-16-29)32-27(37)38-20-21-10-3-1-4-11-21;1-2(3)4;1-2/h1,3-4,10-11,22-23H,2,5-9,12-20,28-29H2,(H,30,33)(H,31,34)(H,32,37)(H,35,36);4H,1,3H2;1-2H/t22-,23-;;/m0../s1. The number of hydrogen-bond donors (Lipinski definition) is 8. The number of aliphatic hydroxyl groups is 1. The molecule has 260 valence electrons. The maximum Gasteiger partial charge on any atom is 0.408 e. The molecule has 0 aliphatic carbocycles. The number of carboxylic acids is 1. The van der Waals surface area contributed by atoms with E-state index >= 15 is 0 Å². The lowest BCUT2D eigenvalue weighted by Crippen LogP contribution is -2.51. The van der Waals surface area contributed by atoms with Gasteiger partial charge in [0, 0.05) is 24.5 Å². The molecule has 3 amide bonds. The predicted molar refractivity (Wildman–Crippen MR) is 187 cm³/mol. The second kappa shape index (κ2) is 31.4. The smallest absolute Gasteiger partial charge is 0.408 e. The molecule has 1 aromatic rings. The van der Waals surface area contributed by atoms with E-state index in [0.29, 0.717) is 44.6 Å². The zero-order valence-corrected chi connectivity index (χ0v) is 28.1. The molecule has 15 heteroatoms. The minimum Gasteiger partial charge on any atom is -0.495 e. The van der Waals surface area contributed by atoms with Gasteiger partial charge in [-0.3, -0.25) is 9.59 Å². The van der Waals surface area contributed by atoms with Gasteiger partial charge in [0.2, 0.25) is 11.8 Å². The third-order valence-electron chi connectivity index (χ3n) is 5.79. The van der Waals surface area contributed by atoms with Crippen molar-refractivity contribution in [1.82, 2.24) is 16.0 Å². The molecule has 0 fully saturated rings. The number of carboxylic acid groups (broad SMARTS) is 1. The Hall–Kier alpha value is -3.58. The van der Waals surface area contributed by atoms with Crippen molar-refractivity contribution in [2.75, 3.05) is 31.1 Å². The fraction of sp³-hybridized carbons (Fsp3) is 0.548. The number of aliphatic carboxylic acids is 1. The molecule has 1 rings (SSSR count). The number of carbonyl (C=O) groups is 4. The maximum atomic E-state index is 13.0. The first kappa shape index (κ1) is 44.5. The van der Waals surface area contributed by atoms with E-state index in [1.807, 2.05) is 30.3 Å². The Bertz CT molecular complexity index is 998. The van der Waals surface area contributed by atoms with Gasteiger partial charge in [0.05, 0.1) is 0 Å². The van der Waals surface area contributed by atoms with Crippen LogP contribution in [0, 0.1) is 12.8 Å². The molecular weight excluding hydrogens is 633 g/mol. The summed E-state index contributed by atoms with van der Waals surface area (Å²) in [5, 5.41) is 25.2. The molecule has 1 aromatic carbocycles. The minimum atomic E-state index is -1.14. The van der Waals surface area contributed by atoms with E-state index in [0.717, 1.165) is 37.0 Å². The van der Waals surface area contributed by atoms with E-state index in [2.05, 4.69) is 41.1 Å². The quantitative estimate of drug-likeness (QED) is 0.0360. The molecule has 0 heterocycles. The van der Waals surface area contributed by atoms with E-state index in [-0.39, 0.29) is 31.2 Å². The first-order valence-corrected chi connectivity index (χ1v) is 17.5. The van der Waals surface area contributed by atoms with Gasteiger partial charge >= 0.3 is 12.1 Å². The monoisotopic (exact) mass is 684 g/mol. The molecule has 46 heavy (non-hydrogen) atoms. The largest absolute Gasteiger partial charge is 0.495 e. The molecule has 0 spiro atoms. The van der Waals surface area contributed by atoms with Gasteiger partial charge < -0.3 is 48.1 Å². The van der Waals surface area contributed by atoms with Crippen LogP contribution in [-0.2, 0) is 25.7 Å². The van der Waals surface area contributed by atoms with Crippen LogP contribution >= 0.6 is 21.6 Å². The van der Waals surface area contributed by atoms with Crippen molar-refractivity contribution >= 4 is 45.5 Å². The summed E-state index contributed by atoms with van der Waals surface area (Å²) in [5.74, 6) is -0.727. The molecule has 0 aliphatic heterocycles. The molecule has 0 bridgehead atoms. The summed E-state index contributed by atoms with van der Waals surface area (Å²) in [5.41, 5.74) is 16.2. The molecule has 11 N–H and O–H groups in total. The van der Waals surface area contributed by atoms with E-state index in [1.165, 1.54) is 10.8 Å². The van der Waals surface area contributed by atoms with Crippen molar-refractivity contribution in [2.45, 2.75) is 76.5 Å². The Morgan fingerprint density at radius 2 is 1.46 bits per heavy atom. The Kier molecular flexibility index (Phi) is 30.4. The number of carbonyl (C=O) groups excluding carboxylic acids is 3. The number of ether oxygens (including phenoxy) is 1. The van der Waals surface area contributed by atoms with Gasteiger partial charge in [-0.25, -0.2) is 9.59 Å². The van der Waals surface area contributed by atoms with E-state index < -0.39 is 30.1 Å². The zero-order valence-electron chi connectivity index (χ0n) is 26.5. The van der Waals surface area contributed by atoms with Crippen LogP contribution in [0.2, 0.25) is 0 Å². The molecular formula is C31H52N6O7S2. The summed E-state index contributed by atoms with van der Waals surface area (Å²) in [4.78, 5) is 48.9. The van der Waals surface area contributed by atoms with Crippen LogP contribution < -0.4 is 33.2 Å². The minimum absolute atomic E-state index is 0.0350. The number of amides is 3. The zero-order chi connectivity index (χ0) is 35.0. The Morgan fingerprint density at radius 1 is 0.848 bits per heavy atom. The van der Waals surface area contributed by atoms with Crippen LogP contribution in [0.3, 0.4) is 0 Å². The van der Waals surface area contributed by atoms with Crippen LogP contribution in [-0.4, -0.2) is 77.3 Å². The number of aliphatic hydroxyl groups excluding tert-OH is 1. The topological polar surface area (TPSA) is 232 Å². The first-order chi connectivity index (χ1) is 22.1. The normalized spacial score (nSPS) is 11.2. The lowest BCUT2D eigenvalue weighted by atomic mass is 10.1. The molecule has 0 unspecified atom stereocenters. The van der Waals surface area contributed by atoms with Crippen molar-refractivity contribution in [3.05, 3.63) is 48.4 Å². The molecule has 0 radical (unpaired) electrons. The molecule has 0 saturated carbocycles. The summed E-state index contributed by atoms with van der Waals surface area (Å²) in [6.07, 6.45) is 13.0. The van der Waals surface area contributed by atoms with Crippen molar-refractivity contribution in [3.8, 4) is 12.8 Å². The van der Waals surface area contributed by atoms with Crippen molar-refractivity contribution in [2.24, 2.45) is 17.2 Å². The Balaban J connectivity index is 0. The van der Waals surface area contributed by atoms with Crippen molar-refractivity contribution < 1.29 is 34.1 Å². The highest BCUT2D eigenvalue weighted by molar-refractivity contribution is 8.76. The highest BCUT2D eigenvalue weighted by atomic mass is 33.1. The Morgan fingerprint density at radius 3 is 2.07 bits per heavy atom. The molecule has 0 aromatic heterocycles. The maximum absolute atomic E-state index is 13.0. The highest BCUT2D eigenvalue weighted by Crippen LogP contribution is 2.24. The summed E-state index contributed by atoms with van der Waals surface area (Å²) < 4.78 is 5.25. The number of nitrogens with one attached hydrogen (secondary N) is 3. The fourth-order valence-electron chi connectivity index (χ4n) is 3.54. The summed E-state index contributed by atoms with van der Waals surface area (Å²) >= 11 is 0. The number of alkyl carbamates (subject to hydrolysis) is 1. The Labute approximate surface area is 281 Å². The van der Waals surface area contributed by atoms with Crippen molar-refractivity contribution in [1.29, 1.82) is 0 Å². The fourth-order valence-corrected chi connectivity index (χ4v) is 5.72. The number of unbranched alkanes of at least 4 members (excludes halogenated alkanes) is 3. The molecule has 13 nitrogen and oxygen atoms in total. The van der Waals surface area contributed by atoms with Gasteiger partial charge in [-0.1, -0.05) is 58.3 Å². The third kappa shape index (κ3) is 27.9. The van der Waals surface area contributed by atoms with Crippen LogP contribution in [0.1, 0.15) is 63.4 Å². The number of rotatable bonds is 23. The van der Waals surface area contributed by atoms with Crippen LogP contribution in [0.5, 0.6) is 0 Å². The molecule has 0 saturated heterocycles. The van der Waals surface area contributed by atoms with Crippen LogP contribution in [0.15, 0.2) is 42.8 Å². The number of hydrogen-bond acceptors (Lipinski definition) is 11.